The lowest BCUT2D eigenvalue weighted by Gasteiger charge is -2.43. The van der Waals surface area contributed by atoms with E-state index in [1.165, 1.54) is 19.1 Å². The summed E-state index contributed by atoms with van der Waals surface area (Å²) < 4.78 is 32.5. The van der Waals surface area contributed by atoms with Crippen molar-refractivity contribution in [1.29, 1.82) is 0 Å². The van der Waals surface area contributed by atoms with Crippen LogP contribution in [0.2, 0.25) is 0 Å². The Labute approximate surface area is 184 Å². The van der Waals surface area contributed by atoms with Crippen LogP contribution >= 0.6 is 0 Å². The largest absolute Gasteiger partial charge is 0.508 e. The summed E-state index contributed by atoms with van der Waals surface area (Å²) in [6.07, 6.45) is -6.44. The molecule has 0 aliphatic carbocycles. The average Bonchev–Trinajstić information content (AvgIpc) is 2.63. The van der Waals surface area contributed by atoms with Crippen molar-refractivity contribution in [2.75, 3.05) is 6.61 Å². The van der Waals surface area contributed by atoms with E-state index in [9.17, 15) is 24.3 Å². The van der Waals surface area contributed by atoms with Gasteiger partial charge in [0.1, 0.15) is 24.2 Å². The Kier molecular flexibility index (Phi) is 8.41. The van der Waals surface area contributed by atoms with Crippen LogP contribution in [0.5, 0.6) is 11.5 Å². The van der Waals surface area contributed by atoms with Gasteiger partial charge in [0.05, 0.1) is 0 Å². The van der Waals surface area contributed by atoms with Gasteiger partial charge in [0.15, 0.2) is 12.2 Å². The van der Waals surface area contributed by atoms with Gasteiger partial charge in [-0.25, -0.2) is 0 Å². The first-order chi connectivity index (χ1) is 15.0. The van der Waals surface area contributed by atoms with Gasteiger partial charge in [0, 0.05) is 33.8 Å². The van der Waals surface area contributed by atoms with Crippen LogP contribution in [0.15, 0.2) is 18.2 Å². The number of carbonyl (C=O) groups is 4. The number of hydrogen-bond acceptors (Lipinski definition) is 11. The Bertz CT molecular complexity index is 845. The molecular formula is C21H26O11. The standard InChI is InChI=1S/C21H26O11/c1-10-6-15(26)8-16(7-10)31-21-20(30-14(5)25)19(29-13(4)24)18(28-12(3)23)17(32-21)9-27-11(2)22/h6-8,17-21,26H,9H2,1-5H3/t17-,18-,19+,20-,21-/m1/s1. The molecule has 1 aliphatic heterocycles. The number of phenols is 1. The molecule has 11 nitrogen and oxygen atoms in total. The predicted molar refractivity (Wildman–Crippen MR) is 105 cm³/mol. The highest BCUT2D eigenvalue weighted by Gasteiger charge is 2.53. The van der Waals surface area contributed by atoms with E-state index < -0.39 is 54.6 Å². The summed E-state index contributed by atoms with van der Waals surface area (Å²) in [6.45, 7) is 5.92. The van der Waals surface area contributed by atoms with Gasteiger partial charge < -0.3 is 33.5 Å². The van der Waals surface area contributed by atoms with Crippen molar-refractivity contribution in [3.05, 3.63) is 23.8 Å². The van der Waals surface area contributed by atoms with Crippen molar-refractivity contribution in [3.8, 4) is 11.5 Å². The maximum Gasteiger partial charge on any atom is 0.303 e. The summed E-state index contributed by atoms with van der Waals surface area (Å²) in [7, 11) is 0. The van der Waals surface area contributed by atoms with Gasteiger partial charge in [-0.15, -0.1) is 0 Å². The second-order valence-corrected chi connectivity index (χ2v) is 7.19. The SMILES string of the molecule is CC(=O)OC[C@H]1O[C@@H](Oc2cc(C)cc(O)c2)[C@H](OC(C)=O)[C@@H](OC(C)=O)[C@@H]1OC(C)=O. The molecule has 1 N–H and O–H groups in total. The number of rotatable bonds is 7. The molecule has 0 bridgehead atoms. The summed E-state index contributed by atoms with van der Waals surface area (Å²) >= 11 is 0. The van der Waals surface area contributed by atoms with Crippen molar-refractivity contribution in [2.45, 2.75) is 65.3 Å². The molecule has 176 valence electrons. The third-order valence-electron chi connectivity index (χ3n) is 4.24. The maximum atomic E-state index is 11.8. The molecule has 1 aromatic carbocycles. The van der Waals surface area contributed by atoms with Gasteiger partial charge in [-0.1, -0.05) is 0 Å². The molecule has 0 radical (unpaired) electrons. The molecule has 0 saturated carbocycles. The first kappa shape index (κ1) is 24.9. The van der Waals surface area contributed by atoms with Crippen LogP contribution < -0.4 is 4.74 Å². The van der Waals surface area contributed by atoms with Crippen LogP contribution in [0.3, 0.4) is 0 Å². The van der Waals surface area contributed by atoms with E-state index in [2.05, 4.69) is 0 Å². The quantitative estimate of drug-likeness (QED) is 0.468. The summed E-state index contributed by atoms with van der Waals surface area (Å²) in [5, 5.41) is 9.85. The minimum absolute atomic E-state index is 0.0781. The van der Waals surface area contributed by atoms with Crippen LogP contribution in [0.4, 0.5) is 0 Å². The first-order valence-corrected chi connectivity index (χ1v) is 9.74. The Morgan fingerprint density at radius 1 is 0.844 bits per heavy atom. The average molecular weight is 454 g/mol. The number of phenolic OH excluding ortho intramolecular Hbond substituents is 1. The van der Waals surface area contributed by atoms with E-state index >= 15 is 0 Å². The lowest BCUT2D eigenvalue weighted by Crippen LogP contribution is -2.63. The molecule has 0 amide bonds. The number of aromatic hydroxyl groups is 1. The van der Waals surface area contributed by atoms with Crippen molar-refractivity contribution in [2.24, 2.45) is 0 Å². The Hall–Kier alpha value is -3.34. The molecule has 1 aromatic rings. The Morgan fingerprint density at radius 3 is 1.94 bits per heavy atom. The molecule has 2 rings (SSSR count). The van der Waals surface area contributed by atoms with Crippen LogP contribution in [0.1, 0.15) is 33.3 Å². The molecule has 1 heterocycles. The van der Waals surface area contributed by atoms with E-state index in [0.717, 1.165) is 20.8 Å². The highest BCUT2D eigenvalue weighted by Crippen LogP contribution is 2.32. The zero-order valence-corrected chi connectivity index (χ0v) is 18.4. The third-order valence-corrected chi connectivity index (χ3v) is 4.24. The number of hydrogen-bond donors (Lipinski definition) is 1. The minimum atomic E-state index is -1.36. The van der Waals surface area contributed by atoms with Gasteiger partial charge in [0.25, 0.3) is 0 Å². The molecular weight excluding hydrogens is 428 g/mol. The van der Waals surface area contributed by atoms with Gasteiger partial charge >= 0.3 is 23.9 Å². The molecule has 1 fully saturated rings. The van der Waals surface area contributed by atoms with E-state index in [1.807, 2.05) is 0 Å². The van der Waals surface area contributed by atoms with Crippen LogP contribution in [0.25, 0.3) is 0 Å². The van der Waals surface area contributed by atoms with Crippen LogP contribution in [-0.4, -0.2) is 66.3 Å². The van der Waals surface area contributed by atoms with E-state index in [0.29, 0.717) is 5.56 Å². The number of ether oxygens (including phenoxy) is 6. The highest BCUT2D eigenvalue weighted by atomic mass is 16.7. The van der Waals surface area contributed by atoms with Crippen LogP contribution in [0, 0.1) is 6.92 Å². The molecule has 1 aliphatic rings. The summed E-state index contributed by atoms with van der Waals surface area (Å²) in [6, 6.07) is 4.40. The zero-order chi connectivity index (χ0) is 24.0. The lowest BCUT2D eigenvalue weighted by molar-refractivity contribution is -0.288. The molecule has 11 heteroatoms. The third kappa shape index (κ3) is 7.12. The predicted octanol–water partition coefficient (Wildman–Crippen LogP) is 1.16. The molecule has 0 aromatic heterocycles. The zero-order valence-electron chi connectivity index (χ0n) is 18.4. The number of aryl methyl sites for hydroxylation is 1. The highest BCUT2D eigenvalue weighted by molar-refractivity contribution is 5.68. The molecule has 0 spiro atoms. The van der Waals surface area contributed by atoms with Crippen molar-refractivity contribution < 1.29 is 52.7 Å². The fraction of sp³-hybridized carbons (Fsp3) is 0.524. The van der Waals surface area contributed by atoms with Crippen molar-refractivity contribution in [1.82, 2.24) is 0 Å². The normalized spacial score (nSPS) is 24.7. The van der Waals surface area contributed by atoms with Crippen molar-refractivity contribution >= 4 is 23.9 Å². The lowest BCUT2D eigenvalue weighted by atomic mass is 9.98. The fourth-order valence-electron chi connectivity index (χ4n) is 3.21. The number of benzene rings is 1. The molecule has 32 heavy (non-hydrogen) atoms. The summed E-state index contributed by atoms with van der Waals surface area (Å²) in [5.41, 5.74) is 0.672. The molecule has 1 saturated heterocycles. The topological polar surface area (TPSA) is 144 Å². The van der Waals surface area contributed by atoms with Gasteiger partial charge in [-0.2, -0.15) is 0 Å². The maximum absolute atomic E-state index is 11.8. The van der Waals surface area contributed by atoms with E-state index in [-0.39, 0.29) is 18.1 Å². The first-order valence-electron chi connectivity index (χ1n) is 9.74. The van der Waals surface area contributed by atoms with E-state index in [4.69, 9.17) is 28.4 Å². The number of esters is 4. The second-order valence-electron chi connectivity index (χ2n) is 7.19. The Balaban J connectivity index is 2.47. The van der Waals surface area contributed by atoms with Gasteiger partial charge in [-0.3, -0.25) is 19.2 Å². The van der Waals surface area contributed by atoms with Crippen molar-refractivity contribution in [3.63, 3.8) is 0 Å². The molecule has 5 atom stereocenters. The second kappa shape index (κ2) is 10.8. The minimum Gasteiger partial charge on any atom is -0.508 e. The summed E-state index contributed by atoms with van der Waals surface area (Å²) in [4.78, 5) is 46.6. The van der Waals surface area contributed by atoms with Gasteiger partial charge in [0.2, 0.25) is 12.4 Å². The fourth-order valence-corrected chi connectivity index (χ4v) is 3.21. The number of carbonyl (C=O) groups excluding carboxylic acids is 4. The van der Waals surface area contributed by atoms with E-state index in [1.54, 1.807) is 13.0 Å². The molecule has 0 unspecified atom stereocenters. The van der Waals surface area contributed by atoms with Crippen LogP contribution in [-0.2, 0) is 42.9 Å². The summed E-state index contributed by atoms with van der Waals surface area (Å²) in [5.74, 6) is -2.75. The monoisotopic (exact) mass is 454 g/mol. The Morgan fingerprint density at radius 2 is 1.41 bits per heavy atom. The van der Waals surface area contributed by atoms with Gasteiger partial charge in [-0.05, 0) is 24.6 Å². The smallest absolute Gasteiger partial charge is 0.303 e.